The smallest absolute Gasteiger partial charge is 0.338 e. The van der Waals surface area contributed by atoms with Crippen molar-refractivity contribution >= 4 is 29.4 Å². The first-order chi connectivity index (χ1) is 14.4. The molecule has 0 aromatic heterocycles. The van der Waals surface area contributed by atoms with Crippen LogP contribution in [0.25, 0.3) is 0 Å². The molecule has 1 saturated heterocycles. The maximum absolute atomic E-state index is 13.1. The van der Waals surface area contributed by atoms with Gasteiger partial charge >= 0.3 is 5.97 Å². The summed E-state index contributed by atoms with van der Waals surface area (Å²) in [6.45, 7) is 3.61. The summed E-state index contributed by atoms with van der Waals surface area (Å²) in [6.07, 6.45) is 5.34. The first-order valence-corrected chi connectivity index (χ1v) is 10.6. The molecule has 7 atom stereocenters. The van der Waals surface area contributed by atoms with Crippen molar-refractivity contribution in [3.63, 3.8) is 0 Å². The highest BCUT2D eigenvalue weighted by atomic mass is 16.5. The molecule has 3 fully saturated rings. The number of hydrogen-bond acceptors (Lipinski definition) is 5. The number of likely N-dealkylation sites (tertiary alicyclic amines) is 1. The molecule has 156 valence electrons. The summed E-state index contributed by atoms with van der Waals surface area (Å²) in [5.41, 5.74) is 0.873. The average molecular weight is 408 g/mol. The minimum Gasteiger partial charge on any atom is -0.462 e. The second kappa shape index (κ2) is 6.79. The molecule has 30 heavy (non-hydrogen) atoms. The number of amides is 3. The van der Waals surface area contributed by atoms with Crippen LogP contribution >= 0.6 is 0 Å². The van der Waals surface area contributed by atoms with Gasteiger partial charge in [0.2, 0.25) is 17.7 Å². The summed E-state index contributed by atoms with van der Waals surface area (Å²) < 4.78 is 4.94. The van der Waals surface area contributed by atoms with Gasteiger partial charge in [0, 0.05) is 5.69 Å². The van der Waals surface area contributed by atoms with Crippen LogP contribution in [0.4, 0.5) is 5.69 Å². The molecule has 5 aliphatic rings. The van der Waals surface area contributed by atoms with Crippen LogP contribution in [-0.2, 0) is 19.1 Å². The lowest BCUT2D eigenvalue weighted by Crippen LogP contribution is -2.46. The van der Waals surface area contributed by atoms with E-state index < -0.39 is 17.9 Å². The van der Waals surface area contributed by atoms with Gasteiger partial charge < -0.3 is 10.1 Å². The highest BCUT2D eigenvalue weighted by Gasteiger charge is 2.67. The number of carbonyl (C=O) groups excluding carboxylic acids is 4. The van der Waals surface area contributed by atoms with Crippen molar-refractivity contribution in [3.05, 3.63) is 42.0 Å². The van der Waals surface area contributed by atoms with Gasteiger partial charge in [0.15, 0.2) is 0 Å². The zero-order chi connectivity index (χ0) is 21.2. The maximum Gasteiger partial charge on any atom is 0.338 e. The molecule has 2 saturated carbocycles. The van der Waals surface area contributed by atoms with Gasteiger partial charge in [-0.1, -0.05) is 12.2 Å². The predicted octanol–water partition coefficient (Wildman–Crippen LogP) is 2.24. The molecule has 4 aliphatic carbocycles. The Labute approximate surface area is 174 Å². The molecule has 1 heterocycles. The Hall–Kier alpha value is -2.96. The third-order valence-electron chi connectivity index (χ3n) is 7.13. The largest absolute Gasteiger partial charge is 0.462 e. The lowest BCUT2D eigenvalue weighted by Gasteiger charge is -2.37. The summed E-state index contributed by atoms with van der Waals surface area (Å²) >= 11 is 0. The van der Waals surface area contributed by atoms with Gasteiger partial charge in [0.05, 0.1) is 24.0 Å². The zero-order valence-corrected chi connectivity index (χ0v) is 16.9. The van der Waals surface area contributed by atoms with Crippen molar-refractivity contribution in [2.45, 2.75) is 26.3 Å². The lowest BCUT2D eigenvalue weighted by atomic mass is 9.63. The van der Waals surface area contributed by atoms with E-state index in [1.54, 1.807) is 38.1 Å². The Kier molecular flexibility index (Phi) is 4.31. The van der Waals surface area contributed by atoms with E-state index in [9.17, 15) is 19.2 Å². The van der Waals surface area contributed by atoms with Crippen molar-refractivity contribution in [3.8, 4) is 0 Å². The van der Waals surface area contributed by atoms with Gasteiger partial charge in [-0.25, -0.2) is 4.79 Å². The van der Waals surface area contributed by atoms with Crippen molar-refractivity contribution < 1.29 is 23.9 Å². The van der Waals surface area contributed by atoms with E-state index in [1.165, 1.54) is 4.90 Å². The highest BCUT2D eigenvalue weighted by molar-refractivity contribution is 6.10. The molecule has 0 unspecified atom stereocenters. The van der Waals surface area contributed by atoms with E-state index in [4.69, 9.17) is 4.74 Å². The van der Waals surface area contributed by atoms with Gasteiger partial charge in [-0.15, -0.1) is 0 Å². The molecular formula is C23H24N2O5. The molecule has 0 spiro atoms. The Balaban J connectivity index is 1.29. The fourth-order valence-electron chi connectivity index (χ4n) is 5.63. The van der Waals surface area contributed by atoms with Gasteiger partial charge in [0.25, 0.3) is 0 Å². The Morgan fingerprint density at radius 1 is 1.07 bits per heavy atom. The molecule has 3 amide bonds. The molecule has 1 aromatic rings. The molecule has 2 bridgehead atoms. The summed E-state index contributed by atoms with van der Waals surface area (Å²) in [7, 11) is 0. The van der Waals surface area contributed by atoms with Gasteiger partial charge in [-0.05, 0) is 68.2 Å². The Morgan fingerprint density at radius 2 is 1.63 bits per heavy atom. The average Bonchev–Trinajstić information content (AvgIpc) is 3.52. The van der Waals surface area contributed by atoms with Crippen LogP contribution in [0.1, 0.15) is 30.6 Å². The van der Waals surface area contributed by atoms with Gasteiger partial charge in [-0.3, -0.25) is 19.3 Å². The number of nitrogens with zero attached hydrogens (tertiary/aromatic N) is 1. The van der Waals surface area contributed by atoms with Crippen molar-refractivity contribution in [1.82, 2.24) is 4.90 Å². The topological polar surface area (TPSA) is 92.8 Å². The summed E-state index contributed by atoms with van der Waals surface area (Å²) in [5, 5.41) is 2.74. The quantitative estimate of drug-likeness (QED) is 0.458. The number of ether oxygens (including phenoxy) is 1. The van der Waals surface area contributed by atoms with Crippen LogP contribution in [0.2, 0.25) is 0 Å². The first-order valence-electron chi connectivity index (χ1n) is 10.6. The first kappa shape index (κ1) is 19.0. The minimum atomic E-state index is -0.893. The number of esters is 1. The third kappa shape index (κ3) is 2.71. The third-order valence-corrected chi connectivity index (χ3v) is 7.13. The number of allylic oxidation sites excluding steroid dienone is 2. The van der Waals surface area contributed by atoms with E-state index >= 15 is 0 Å². The van der Waals surface area contributed by atoms with Crippen LogP contribution in [0, 0.1) is 35.5 Å². The molecule has 6 rings (SSSR count). The number of imide groups is 1. The second-order valence-corrected chi connectivity index (χ2v) is 8.66. The number of hydrogen-bond donors (Lipinski definition) is 1. The SMILES string of the molecule is CCOC(=O)c1ccc(NC(=O)[C@H](C)N2C(=O)[C@@H]3[C@H]4C=C[C@@H]([C@@H]5C[C@H]45)[C@@H]3C2=O)cc1. The van der Waals surface area contributed by atoms with Crippen LogP contribution in [0.5, 0.6) is 0 Å². The van der Waals surface area contributed by atoms with E-state index in [0.717, 1.165) is 6.42 Å². The number of benzene rings is 1. The lowest BCUT2D eigenvalue weighted by molar-refractivity contribution is -0.146. The van der Waals surface area contributed by atoms with Crippen LogP contribution in [-0.4, -0.2) is 41.2 Å². The maximum atomic E-state index is 13.1. The Morgan fingerprint density at radius 3 is 2.17 bits per heavy atom. The number of carbonyl (C=O) groups is 4. The Bertz CT molecular complexity index is 932. The summed E-state index contributed by atoms with van der Waals surface area (Å²) in [4.78, 5) is 52.0. The standard InChI is InChI=1S/C23H24N2O5/c1-3-30-23(29)12-4-6-13(7-5-12)24-20(26)11(2)25-21(27)18-14-8-9-15(17-10-16(14)17)19(18)22(25)28/h4-9,11,14-19H,3,10H2,1-2H3,(H,24,26)/t11-,14-,15-,16-,17+,18-,19+/m0/s1. The van der Waals surface area contributed by atoms with Crippen molar-refractivity contribution in [2.24, 2.45) is 35.5 Å². The molecule has 1 N–H and O–H groups in total. The number of nitrogens with one attached hydrogen (secondary N) is 1. The monoisotopic (exact) mass is 408 g/mol. The normalized spacial score (nSPS) is 33.7. The molecule has 7 heteroatoms. The zero-order valence-electron chi connectivity index (χ0n) is 16.9. The van der Waals surface area contributed by atoms with Crippen LogP contribution in [0.15, 0.2) is 36.4 Å². The molecule has 1 aromatic carbocycles. The van der Waals surface area contributed by atoms with Gasteiger partial charge in [0.1, 0.15) is 6.04 Å². The molecular weight excluding hydrogens is 384 g/mol. The molecule has 1 aliphatic heterocycles. The van der Waals surface area contributed by atoms with E-state index in [2.05, 4.69) is 17.5 Å². The van der Waals surface area contributed by atoms with Gasteiger partial charge in [-0.2, -0.15) is 0 Å². The molecule has 0 radical (unpaired) electrons. The molecule has 7 nitrogen and oxygen atoms in total. The van der Waals surface area contributed by atoms with E-state index in [0.29, 0.717) is 23.1 Å². The van der Waals surface area contributed by atoms with Crippen molar-refractivity contribution in [2.75, 3.05) is 11.9 Å². The fraction of sp³-hybridized carbons (Fsp3) is 0.478. The van der Waals surface area contributed by atoms with Crippen molar-refractivity contribution in [1.29, 1.82) is 0 Å². The summed E-state index contributed by atoms with van der Waals surface area (Å²) in [6, 6.07) is 5.43. The predicted molar refractivity (Wildman–Crippen MR) is 107 cm³/mol. The van der Waals surface area contributed by atoms with E-state index in [1.807, 2.05) is 0 Å². The van der Waals surface area contributed by atoms with E-state index in [-0.39, 0.29) is 42.1 Å². The number of anilines is 1. The summed E-state index contributed by atoms with van der Waals surface area (Å²) in [5.74, 6) is -0.574. The van der Waals surface area contributed by atoms with Crippen LogP contribution < -0.4 is 5.32 Å². The second-order valence-electron chi connectivity index (χ2n) is 8.66. The minimum absolute atomic E-state index is 0.136. The van der Waals surface area contributed by atoms with Crippen LogP contribution in [0.3, 0.4) is 0 Å². The fourth-order valence-corrected chi connectivity index (χ4v) is 5.63. The number of rotatable bonds is 5. The highest BCUT2D eigenvalue weighted by Crippen LogP contribution is 2.65.